The van der Waals surface area contributed by atoms with Crippen molar-refractivity contribution in [2.75, 3.05) is 54.4 Å². The lowest BCUT2D eigenvalue weighted by Gasteiger charge is -2.36. The average molecular weight is 657 g/mol. The largest absolute Gasteiger partial charge is 0.416 e. The van der Waals surface area contributed by atoms with E-state index >= 15 is 0 Å². The fourth-order valence-corrected chi connectivity index (χ4v) is 6.66. The molecule has 7 rings (SSSR count). The molecule has 0 radical (unpaired) electrons. The molecule has 47 heavy (non-hydrogen) atoms. The lowest BCUT2D eigenvalue weighted by Crippen LogP contribution is -2.48. The first-order valence-electron chi connectivity index (χ1n) is 15.5. The third-order valence-corrected chi connectivity index (χ3v) is 9.02. The number of carbonyl (C=O) groups is 1. The monoisotopic (exact) mass is 656 g/mol. The summed E-state index contributed by atoms with van der Waals surface area (Å²) in [6.45, 7) is 5.63. The Hall–Kier alpha value is -4.83. The molecule has 7 nitrogen and oxygen atoms in total. The first-order chi connectivity index (χ1) is 22.6. The summed E-state index contributed by atoms with van der Waals surface area (Å²) in [6.07, 6.45) is -2.78. The number of aromatic nitrogens is 2. The number of nitrogens with zero attached hydrogens (tertiary/aromatic N) is 5. The Morgan fingerprint density at radius 1 is 0.894 bits per heavy atom. The van der Waals surface area contributed by atoms with Crippen LogP contribution in [0.2, 0.25) is 5.02 Å². The van der Waals surface area contributed by atoms with E-state index in [1.165, 1.54) is 12.1 Å². The van der Waals surface area contributed by atoms with Crippen LogP contribution in [0, 0.1) is 6.92 Å². The van der Waals surface area contributed by atoms with Crippen LogP contribution in [-0.4, -0.2) is 60.0 Å². The lowest BCUT2D eigenvalue weighted by molar-refractivity contribution is -0.138. The van der Waals surface area contributed by atoms with Gasteiger partial charge in [-0.2, -0.15) is 13.2 Å². The number of para-hydroxylation sites is 1. The van der Waals surface area contributed by atoms with Gasteiger partial charge in [0.25, 0.3) is 5.91 Å². The van der Waals surface area contributed by atoms with Crippen molar-refractivity contribution in [3.8, 4) is 11.1 Å². The number of nitrogens with one attached hydrogen (secondary N) is 1. The summed E-state index contributed by atoms with van der Waals surface area (Å²) in [5.74, 6) is 0.551. The predicted octanol–water partition coefficient (Wildman–Crippen LogP) is 7.67. The van der Waals surface area contributed by atoms with E-state index in [-0.39, 0.29) is 23.0 Å². The Labute approximate surface area is 275 Å². The topological polar surface area (TPSA) is 64.6 Å². The van der Waals surface area contributed by atoms with Gasteiger partial charge in [0, 0.05) is 84.9 Å². The van der Waals surface area contributed by atoms with E-state index in [9.17, 15) is 18.0 Å². The molecular formula is C36H32ClF3N6O. The van der Waals surface area contributed by atoms with Crippen molar-refractivity contribution in [1.82, 2.24) is 14.9 Å². The van der Waals surface area contributed by atoms with Crippen LogP contribution in [0.25, 0.3) is 22.0 Å². The third kappa shape index (κ3) is 6.30. The zero-order valence-corrected chi connectivity index (χ0v) is 26.4. The fraction of sp³-hybridized carbons (Fsp3) is 0.250. The molecule has 5 aromatic rings. The second-order valence-corrected chi connectivity index (χ2v) is 12.3. The van der Waals surface area contributed by atoms with Crippen LogP contribution in [0.3, 0.4) is 0 Å². The molecule has 0 saturated carbocycles. The summed E-state index contributed by atoms with van der Waals surface area (Å²) in [5, 5.41) is 4.60. The minimum atomic E-state index is -4.50. The minimum Gasteiger partial charge on any atom is -0.367 e. The summed E-state index contributed by atoms with van der Waals surface area (Å²) in [4.78, 5) is 29.0. The van der Waals surface area contributed by atoms with Gasteiger partial charge in [-0.05, 0) is 66.6 Å². The highest BCUT2D eigenvalue weighted by molar-refractivity contribution is 6.30. The van der Waals surface area contributed by atoms with Gasteiger partial charge in [-0.15, -0.1) is 0 Å². The van der Waals surface area contributed by atoms with Crippen molar-refractivity contribution < 1.29 is 18.0 Å². The fourth-order valence-electron chi connectivity index (χ4n) is 6.47. The molecule has 0 bridgehead atoms. The summed E-state index contributed by atoms with van der Waals surface area (Å²) in [7, 11) is 0. The number of anilines is 3. The van der Waals surface area contributed by atoms with Crippen LogP contribution in [0.1, 0.15) is 27.2 Å². The maximum atomic E-state index is 13.8. The molecule has 0 aliphatic carbocycles. The first kappa shape index (κ1) is 30.8. The molecule has 0 unspecified atom stereocenters. The SMILES string of the molecule is Cc1cc(N2CCN(C(=O)c3cccc(-c4cnc5c(c4)N(Cc4cc(Cl)ccc4C(F)(F)F)CCN5)c3)CC2)c2ccccc2n1. The summed E-state index contributed by atoms with van der Waals surface area (Å²) in [6, 6.07) is 23.2. The second-order valence-electron chi connectivity index (χ2n) is 11.9. The van der Waals surface area contributed by atoms with Gasteiger partial charge in [-0.25, -0.2) is 4.98 Å². The van der Waals surface area contributed by atoms with Gasteiger partial charge in [0.05, 0.1) is 16.8 Å². The van der Waals surface area contributed by atoms with Gasteiger partial charge in [-0.3, -0.25) is 9.78 Å². The van der Waals surface area contributed by atoms with E-state index in [0.717, 1.165) is 39.5 Å². The molecule has 1 saturated heterocycles. The molecule has 1 N–H and O–H groups in total. The smallest absolute Gasteiger partial charge is 0.367 e. The number of fused-ring (bicyclic) bond motifs is 2. The number of hydrogen-bond donors (Lipinski definition) is 1. The highest BCUT2D eigenvalue weighted by atomic mass is 35.5. The Morgan fingerprint density at radius 2 is 1.70 bits per heavy atom. The lowest BCUT2D eigenvalue weighted by atomic mass is 10.0. The number of aryl methyl sites for hydroxylation is 1. The van der Waals surface area contributed by atoms with Gasteiger partial charge < -0.3 is 20.0 Å². The zero-order chi connectivity index (χ0) is 32.7. The van der Waals surface area contributed by atoms with E-state index in [1.54, 1.807) is 6.20 Å². The maximum Gasteiger partial charge on any atom is 0.416 e. The molecule has 1 fully saturated rings. The number of carbonyl (C=O) groups excluding carboxylic acids is 1. The highest BCUT2D eigenvalue weighted by Crippen LogP contribution is 2.37. The Morgan fingerprint density at radius 3 is 2.51 bits per heavy atom. The molecule has 11 heteroatoms. The van der Waals surface area contributed by atoms with E-state index < -0.39 is 11.7 Å². The van der Waals surface area contributed by atoms with Crippen LogP contribution in [-0.2, 0) is 12.7 Å². The van der Waals surface area contributed by atoms with Crippen LogP contribution in [0.4, 0.5) is 30.4 Å². The molecule has 240 valence electrons. The van der Waals surface area contributed by atoms with E-state index in [1.807, 2.05) is 65.3 Å². The average Bonchev–Trinajstić information content (AvgIpc) is 3.07. The number of halogens is 4. The Kier molecular flexibility index (Phi) is 8.13. The third-order valence-electron chi connectivity index (χ3n) is 8.79. The molecule has 2 aromatic heterocycles. The van der Waals surface area contributed by atoms with Crippen LogP contribution in [0.15, 0.2) is 85.1 Å². The van der Waals surface area contributed by atoms with Crippen molar-refractivity contribution in [2.24, 2.45) is 0 Å². The van der Waals surface area contributed by atoms with Gasteiger partial charge in [0.1, 0.15) is 5.82 Å². The standard InChI is InChI=1S/C36H32ClF3N6O/c1-23-17-32(29-7-2-3-8-31(29)43-23)44-13-15-45(16-14-44)35(47)25-6-4-5-24(18-25)26-20-33-34(42-21-26)41-11-12-46(33)22-27-19-28(37)9-10-30(27)36(38,39)40/h2-10,17-21H,11-16,22H2,1H3,(H,41,42). The molecule has 4 heterocycles. The number of pyridine rings is 2. The van der Waals surface area contributed by atoms with Crippen molar-refractivity contribution >= 4 is 45.6 Å². The van der Waals surface area contributed by atoms with E-state index in [0.29, 0.717) is 56.3 Å². The zero-order valence-electron chi connectivity index (χ0n) is 25.7. The maximum absolute atomic E-state index is 13.8. The molecule has 3 aromatic carbocycles. The van der Waals surface area contributed by atoms with Gasteiger partial charge in [0.15, 0.2) is 0 Å². The number of piperazine rings is 1. The van der Waals surface area contributed by atoms with Gasteiger partial charge in [-0.1, -0.05) is 41.9 Å². The summed E-state index contributed by atoms with van der Waals surface area (Å²) < 4.78 is 41.4. The molecule has 0 spiro atoms. The number of alkyl halides is 3. The van der Waals surface area contributed by atoms with Crippen molar-refractivity contribution in [3.63, 3.8) is 0 Å². The van der Waals surface area contributed by atoms with Crippen LogP contribution < -0.4 is 15.1 Å². The van der Waals surface area contributed by atoms with Crippen molar-refractivity contribution in [1.29, 1.82) is 0 Å². The molecule has 0 atom stereocenters. The highest BCUT2D eigenvalue weighted by Gasteiger charge is 2.34. The number of amides is 1. The van der Waals surface area contributed by atoms with E-state index in [2.05, 4.69) is 32.3 Å². The Balaban J connectivity index is 1.09. The van der Waals surface area contributed by atoms with Crippen molar-refractivity contribution in [2.45, 2.75) is 19.6 Å². The van der Waals surface area contributed by atoms with Gasteiger partial charge in [0.2, 0.25) is 0 Å². The summed E-state index contributed by atoms with van der Waals surface area (Å²) >= 11 is 6.10. The van der Waals surface area contributed by atoms with Crippen molar-refractivity contribution in [3.05, 3.63) is 112 Å². The molecule has 1 amide bonds. The Bertz CT molecular complexity index is 1980. The van der Waals surface area contributed by atoms with Crippen LogP contribution >= 0.6 is 11.6 Å². The number of benzene rings is 3. The predicted molar refractivity (Wildman–Crippen MR) is 180 cm³/mol. The molecule has 2 aliphatic heterocycles. The normalized spacial score (nSPS) is 15.0. The minimum absolute atomic E-state index is 0.0224. The van der Waals surface area contributed by atoms with Gasteiger partial charge >= 0.3 is 6.18 Å². The second kappa shape index (κ2) is 12.4. The number of rotatable bonds is 5. The van der Waals surface area contributed by atoms with Crippen LogP contribution in [0.5, 0.6) is 0 Å². The summed E-state index contributed by atoms with van der Waals surface area (Å²) in [5.41, 5.74) is 5.27. The first-order valence-corrected chi connectivity index (χ1v) is 15.9. The molecular weight excluding hydrogens is 625 g/mol. The quantitative estimate of drug-likeness (QED) is 0.210. The molecule has 2 aliphatic rings. The number of hydrogen-bond acceptors (Lipinski definition) is 6. The van der Waals surface area contributed by atoms with E-state index in [4.69, 9.17) is 11.6 Å².